The summed E-state index contributed by atoms with van der Waals surface area (Å²) in [6, 6.07) is 13.1. The molecule has 0 aromatic heterocycles. The number of phenolic OH excluding ortho intramolecular Hbond substituents is 1. The fraction of sp³-hybridized carbons (Fsp3) is 0.133. The highest BCUT2D eigenvalue weighted by Gasteiger charge is 2.24. The third-order valence-electron chi connectivity index (χ3n) is 3.32. The summed E-state index contributed by atoms with van der Waals surface area (Å²) in [7, 11) is 0. The van der Waals surface area contributed by atoms with Gasteiger partial charge in [0.1, 0.15) is 5.75 Å². The molecule has 3 rings (SSSR count). The minimum Gasteiger partial charge on any atom is -0.507 e. The van der Waals surface area contributed by atoms with Crippen LogP contribution >= 0.6 is 22.6 Å². The van der Waals surface area contributed by atoms with Crippen LogP contribution in [-0.2, 0) is 13.1 Å². The summed E-state index contributed by atoms with van der Waals surface area (Å²) in [5.74, 6) is 0.117. The topological polar surface area (TPSA) is 40.5 Å². The van der Waals surface area contributed by atoms with E-state index in [1.165, 1.54) is 17.2 Å². The van der Waals surface area contributed by atoms with Gasteiger partial charge in [0.05, 0.1) is 3.57 Å². The number of nitrogens with zero attached hydrogens (tertiary/aromatic N) is 1. The molecule has 0 unspecified atom stereocenters. The van der Waals surface area contributed by atoms with Gasteiger partial charge in [0.25, 0.3) is 5.91 Å². The van der Waals surface area contributed by atoms with Crippen LogP contribution in [0.5, 0.6) is 5.75 Å². The lowest BCUT2D eigenvalue weighted by Crippen LogP contribution is -2.25. The second-order valence-corrected chi connectivity index (χ2v) is 5.76. The van der Waals surface area contributed by atoms with E-state index in [2.05, 4.69) is 0 Å². The van der Waals surface area contributed by atoms with Crippen LogP contribution < -0.4 is 0 Å². The molecule has 4 heteroatoms. The van der Waals surface area contributed by atoms with Crippen molar-refractivity contribution < 1.29 is 9.90 Å². The van der Waals surface area contributed by atoms with Gasteiger partial charge in [-0.3, -0.25) is 4.79 Å². The maximum Gasteiger partial charge on any atom is 0.254 e. The van der Waals surface area contributed by atoms with E-state index in [9.17, 15) is 9.90 Å². The molecule has 0 aliphatic carbocycles. The van der Waals surface area contributed by atoms with Crippen molar-refractivity contribution in [2.24, 2.45) is 0 Å². The molecule has 1 heterocycles. The number of hydrogen-bond donors (Lipinski definition) is 1. The average molecular weight is 365 g/mol. The molecule has 0 atom stereocenters. The second kappa shape index (κ2) is 4.85. The largest absolute Gasteiger partial charge is 0.507 e. The van der Waals surface area contributed by atoms with E-state index in [1.54, 1.807) is 17.0 Å². The first kappa shape index (κ1) is 12.5. The van der Waals surface area contributed by atoms with Crippen molar-refractivity contribution in [3.63, 3.8) is 0 Å². The van der Waals surface area contributed by atoms with Gasteiger partial charge in [0.15, 0.2) is 0 Å². The monoisotopic (exact) mass is 365 g/mol. The second-order valence-electron chi connectivity index (χ2n) is 4.60. The Bertz CT molecular complexity index is 629. The normalized spacial score (nSPS) is 13.4. The van der Waals surface area contributed by atoms with E-state index >= 15 is 0 Å². The van der Waals surface area contributed by atoms with Crippen LogP contribution in [0.25, 0.3) is 0 Å². The molecule has 1 aliphatic rings. The molecule has 0 spiro atoms. The van der Waals surface area contributed by atoms with Crippen molar-refractivity contribution in [2.45, 2.75) is 13.1 Å². The molecule has 96 valence electrons. The minimum absolute atomic E-state index is 0.0390. The molecule has 2 aromatic rings. The van der Waals surface area contributed by atoms with E-state index in [0.717, 1.165) is 3.57 Å². The molecule has 19 heavy (non-hydrogen) atoms. The minimum atomic E-state index is -0.0390. The lowest BCUT2D eigenvalue weighted by molar-refractivity contribution is 0.0751. The van der Waals surface area contributed by atoms with E-state index in [1.807, 2.05) is 46.9 Å². The summed E-state index contributed by atoms with van der Waals surface area (Å²) >= 11 is 2.04. The Balaban J connectivity index is 1.85. The molecule has 1 amide bonds. The highest BCUT2D eigenvalue weighted by Crippen LogP contribution is 2.26. The summed E-state index contributed by atoms with van der Waals surface area (Å²) < 4.78 is 0.749. The van der Waals surface area contributed by atoms with Crippen LogP contribution in [0.1, 0.15) is 21.5 Å². The zero-order valence-corrected chi connectivity index (χ0v) is 12.3. The van der Waals surface area contributed by atoms with Crippen LogP contribution in [0.3, 0.4) is 0 Å². The number of carbonyl (C=O) groups excluding carboxylic acids is 1. The van der Waals surface area contributed by atoms with Crippen molar-refractivity contribution in [3.05, 3.63) is 62.7 Å². The summed E-state index contributed by atoms with van der Waals surface area (Å²) in [6.07, 6.45) is 0. The Morgan fingerprint density at radius 2 is 1.74 bits per heavy atom. The number of carbonyl (C=O) groups is 1. The van der Waals surface area contributed by atoms with Gasteiger partial charge in [-0.1, -0.05) is 24.3 Å². The van der Waals surface area contributed by atoms with Gasteiger partial charge in [-0.05, 0) is 51.9 Å². The molecule has 1 N–H and O–H groups in total. The van der Waals surface area contributed by atoms with E-state index in [0.29, 0.717) is 18.7 Å². The Kier molecular flexibility index (Phi) is 3.18. The van der Waals surface area contributed by atoms with Crippen LogP contribution in [0.2, 0.25) is 0 Å². The average Bonchev–Trinajstić information content (AvgIpc) is 2.85. The Morgan fingerprint density at radius 3 is 2.32 bits per heavy atom. The fourth-order valence-electron chi connectivity index (χ4n) is 2.31. The number of rotatable bonds is 1. The molecule has 0 saturated heterocycles. The Labute approximate surface area is 125 Å². The summed E-state index contributed by atoms with van der Waals surface area (Å²) in [5, 5.41) is 9.69. The fourth-order valence-corrected chi connectivity index (χ4v) is 2.64. The molecular formula is C15H12INO2. The summed E-state index contributed by atoms with van der Waals surface area (Å²) in [4.78, 5) is 14.2. The Morgan fingerprint density at radius 1 is 1.11 bits per heavy atom. The van der Waals surface area contributed by atoms with Gasteiger partial charge in [0, 0.05) is 18.7 Å². The number of hydrogen-bond acceptors (Lipinski definition) is 2. The molecule has 0 saturated carbocycles. The number of amides is 1. The maximum absolute atomic E-state index is 12.4. The van der Waals surface area contributed by atoms with Gasteiger partial charge in [-0.2, -0.15) is 0 Å². The number of aromatic hydroxyl groups is 1. The van der Waals surface area contributed by atoms with Crippen molar-refractivity contribution in [1.82, 2.24) is 4.90 Å². The van der Waals surface area contributed by atoms with Crippen LogP contribution in [0.15, 0.2) is 42.5 Å². The predicted molar refractivity (Wildman–Crippen MR) is 80.8 cm³/mol. The standard InChI is InChI=1S/C15H12INO2/c16-13-6-5-10(7-14(13)18)15(19)17-8-11-3-1-2-4-12(11)9-17/h1-7,18H,8-9H2. The van der Waals surface area contributed by atoms with Crippen LogP contribution in [-0.4, -0.2) is 15.9 Å². The summed E-state index contributed by atoms with van der Waals surface area (Å²) in [5.41, 5.74) is 2.93. The first-order valence-corrected chi connectivity index (χ1v) is 7.07. The van der Waals surface area contributed by atoms with E-state index in [-0.39, 0.29) is 11.7 Å². The molecular weight excluding hydrogens is 353 g/mol. The van der Waals surface area contributed by atoms with Gasteiger partial charge in [-0.25, -0.2) is 0 Å². The highest BCUT2D eigenvalue weighted by atomic mass is 127. The smallest absolute Gasteiger partial charge is 0.254 e. The molecule has 1 aliphatic heterocycles. The van der Waals surface area contributed by atoms with Crippen LogP contribution in [0.4, 0.5) is 0 Å². The zero-order chi connectivity index (χ0) is 13.4. The molecule has 0 bridgehead atoms. The van der Waals surface area contributed by atoms with Crippen molar-refractivity contribution >= 4 is 28.5 Å². The number of phenols is 1. The SMILES string of the molecule is O=C(c1ccc(I)c(O)c1)N1Cc2ccccc2C1. The quantitative estimate of drug-likeness (QED) is 0.789. The third-order valence-corrected chi connectivity index (χ3v) is 4.23. The van der Waals surface area contributed by atoms with Gasteiger partial charge in [0.2, 0.25) is 0 Å². The lowest BCUT2D eigenvalue weighted by Gasteiger charge is -2.15. The molecule has 0 fully saturated rings. The van der Waals surface area contributed by atoms with Gasteiger partial charge < -0.3 is 10.0 Å². The zero-order valence-electron chi connectivity index (χ0n) is 10.1. The predicted octanol–water partition coefficient (Wildman–Crippen LogP) is 3.15. The van der Waals surface area contributed by atoms with Gasteiger partial charge >= 0.3 is 0 Å². The maximum atomic E-state index is 12.4. The third kappa shape index (κ3) is 2.32. The molecule has 2 aromatic carbocycles. The first-order chi connectivity index (χ1) is 9.15. The van der Waals surface area contributed by atoms with Crippen LogP contribution in [0, 0.1) is 3.57 Å². The van der Waals surface area contributed by atoms with E-state index in [4.69, 9.17) is 0 Å². The highest BCUT2D eigenvalue weighted by molar-refractivity contribution is 14.1. The van der Waals surface area contributed by atoms with Crippen molar-refractivity contribution in [1.29, 1.82) is 0 Å². The molecule has 0 radical (unpaired) electrons. The van der Waals surface area contributed by atoms with Crippen molar-refractivity contribution in [2.75, 3.05) is 0 Å². The number of benzene rings is 2. The number of halogens is 1. The molecule has 3 nitrogen and oxygen atoms in total. The van der Waals surface area contributed by atoms with Crippen molar-refractivity contribution in [3.8, 4) is 5.75 Å². The number of fused-ring (bicyclic) bond motifs is 1. The van der Waals surface area contributed by atoms with E-state index < -0.39 is 0 Å². The lowest BCUT2D eigenvalue weighted by atomic mass is 10.1. The van der Waals surface area contributed by atoms with Gasteiger partial charge in [-0.15, -0.1) is 0 Å². The summed E-state index contributed by atoms with van der Waals surface area (Å²) in [6.45, 7) is 1.28. The first-order valence-electron chi connectivity index (χ1n) is 6.00. The Hall–Kier alpha value is -1.56.